The first-order chi connectivity index (χ1) is 16.3. The van der Waals surface area contributed by atoms with E-state index in [9.17, 15) is 28.8 Å². The zero-order valence-electron chi connectivity index (χ0n) is 18.2. The normalized spacial score (nSPS) is 19.8. The SMILES string of the molecule is COC(=O)C1=C(C(=O)OC)N(c2ccc3c(c2)C(=O)N(C2CCC(=O)NC2=O)C3=O)C=CC=C1. The van der Waals surface area contributed by atoms with Gasteiger partial charge < -0.3 is 14.4 Å². The Balaban J connectivity index is 1.76. The molecule has 11 nitrogen and oxygen atoms in total. The predicted octanol–water partition coefficient (Wildman–Crippen LogP) is 0.578. The Kier molecular flexibility index (Phi) is 5.84. The fourth-order valence-corrected chi connectivity index (χ4v) is 3.97. The predicted molar refractivity (Wildman–Crippen MR) is 115 cm³/mol. The Labute approximate surface area is 193 Å². The standard InChI is InChI=1S/C23H19N3O8/c1-33-22(31)14-5-3-4-10-25(18(14)23(32)34-2)12-6-7-13-15(11-12)21(30)26(20(13)29)16-8-9-17(27)24-19(16)28/h3-7,10-11,16H,8-9H2,1-2H3,(H,24,27,28). The lowest BCUT2D eigenvalue weighted by Crippen LogP contribution is -2.54. The molecule has 174 valence electrons. The van der Waals surface area contributed by atoms with Crippen LogP contribution in [-0.2, 0) is 28.7 Å². The zero-order valence-corrected chi connectivity index (χ0v) is 18.2. The molecule has 11 heteroatoms. The number of esters is 2. The number of piperidine rings is 1. The smallest absolute Gasteiger partial charge is 0.355 e. The van der Waals surface area contributed by atoms with Crippen molar-refractivity contribution in [2.75, 3.05) is 19.1 Å². The number of nitrogens with one attached hydrogen (secondary N) is 1. The summed E-state index contributed by atoms with van der Waals surface area (Å²) >= 11 is 0. The maximum absolute atomic E-state index is 13.1. The van der Waals surface area contributed by atoms with Crippen molar-refractivity contribution >= 4 is 41.3 Å². The maximum Gasteiger partial charge on any atom is 0.355 e. The fraction of sp³-hybridized carbons (Fsp3) is 0.217. The summed E-state index contributed by atoms with van der Waals surface area (Å²) in [5.74, 6) is -4.15. The van der Waals surface area contributed by atoms with Crippen molar-refractivity contribution in [1.29, 1.82) is 0 Å². The number of anilines is 1. The number of hydrogen-bond donors (Lipinski definition) is 1. The molecule has 1 aromatic rings. The lowest BCUT2D eigenvalue weighted by atomic mass is 10.0. The van der Waals surface area contributed by atoms with Gasteiger partial charge in [0.2, 0.25) is 11.8 Å². The first kappa shape index (κ1) is 22.6. The third kappa shape index (κ3) is 3.66. The van der Waals surface area contributed by atoms with E-state index in [0.29, 0.717) is 0 Å². The second-order valence-corrected chi connectivity index (χ2v) is 7.49. The molecule has 0 aliphatic carbocycles. The van der Waals surface area contributed by atoms with Crippen LogP contribution in [0.1, 0.15) is 33.6 Å². The molecule has 1 aromatic carbocycles. The molecule has 0 bridgehead atoms. The third-order valence-electron chi connectivity index (χ3n) is 5.59. The van der Waals surface area contributed by atoms with Crippen molar-refractivity contribution in [1.82, 2.24) is 10.2 Å². The molecular weight excluding hydrogens is 446 g/mol. The van der Waals surface area contributed by atoms with Crippen LogP contribution in [0.15, 0.2) is 53.9 Å². The summed E-state index contributed by atoms with van der Waals surface area (Å²) in [6, 6.07) is 3.17. The highest BCUT2D eigenvalue weighted by Crippen LogP contribution is 2.33. The van der Waals surface area contributed by atoms with Gasteiger partial charge in [-0.1, -0.05) is 6.08 Å². The molecule has 1 unspecified atom stereocenters. The van der Waals surface area contributed by atoms with E-state index in [1.807, 2.05) is 0 Å². The van der Waals surface area contributed by atoms with E-state index < -0.39 is 41.6 Å². The summed E-state index contributed by atoms with van der Waals surface area (Å²) in [5.41, 5.74) is 0.145. The molecule has 34 heavy (non-hydrogen) atoms. The molecule has 0 saturated carbocycles. The number of carbonyl (C=O) groups is 6. The monoisotopic (exact) mass is 465 g/mol. The van der Waals surface area contributed by atoms with E-state index in [2.05, 4.69) is 5.32 Å². The molecule has 1 saturated heterocycles. The summed E-state index contributed by atoms with van der Waals surface area (Å²) < 4.78 is 9.64. The Bertz CT molecular complexity index is 1240. The average molecular weight is 465 g/mol. The van der Waals surface area contributed by atoms with Gasteiger partial charge in [0.1, 0.15) is 11.7 Å². The number of allylic oxidation sites excluding steroid dienone is 2. The number of rotatable bonds is 4. The molecule has 4 amide bonds. The van der Waals surface area contributed by atoms with Crippen molar-refractivity contribution in [3.8, 4) is 0 Å². The quantitative estimate of drug-likeness (QED) is 0.499. The number of methoxy groups -OCH3 is 2. The molecule has 3 aliphatic rings. The maximum atomic E-state index is 13.1. The molecule has 0 spiro atoms. The van der Waals surface area contributed by atoms with Crippen LogP contribution >= 0.6 is 0 Å². The van der Waals surface area contributed by atoms with Crippen LogP contribution in [0, 0.1) is 0 Å². The van der Waals surface area contributed by atoms with Crippen molar-refractivity contribution in [2.45, 2.75) is 18.9 Å². The van der Waals surface area contributed by atoms with Gasteiger partial charge in [-0.3, -0.25) is 29.4 Å². The number of benzene rings is 1. The van der Waals surface area contributed by atoms with E-state index in [-0.39, 0.29) is 40.9 Å². The minimum Gasteiger partial charge on any atom is -0.465 e. The summed E-state index contributed by atoms with van der Waals surface area (Å²) in [4.78, 5) is 76.9. The second kappa shape index (κ2) is 8.77. The number of amides is 4. The van der Waals surface area contributed by atoms with Crippen LogP contribution in [0.4, 0.5) is 5.69 Å². The highest BCUT2D eigenvalue weighted by atomic mass is 16.5. The molecule has 1 N–H and O–H groups in total. The van der Waals surface area contributed by atoms with Crippen LogP contribution in [0.3, 0.4) is 0 Å². The molecule has 0 radical (unpaired) electrons. The molecule has 1 fully saturated rings. The van der Waals surface area contributed by atoms with Crippen LogP contribution in [0.25, 0.3) is 0 Å². The van der Waals surface area contributed by atoms with Gasteiger partial charge in [-0.25, -0.2) is 9.59 Å². The molecule has 1 atom stereocenters. The number of carbonyl (C=O) groups excluding carboxylic acids is 6. The molecule has 4 rings (SSSR count). The van der Waals surface area contributed by atoms with Crippen LogP contribution in [0.5, 0.6) is 0 Å². The van der Waals surface area contributed by atoms with E-state index >= 15 is 0 Å². The molecule has 0 aromatic heterocycles. The Hall–Kier alpha value is -4.54. The van der Waals surface area contributed by atoms with Gasteiger partial charge in [0, 0.05) is 18.3 Å². The number of nitrogens with zero attached hydrogens (tertiary/aromatic N) is 2. The number of ether oxygens (including phenoxy) is 2. The molecular formula is C23H19N3O8. The summed E-state index contributed by atoms with van der Waals surface area (Å²) in [7, 11) is 2.33. The molecule has 3 aliphatic heterocycles. The van der Waals surface area contributed by atoms with Gasteiger partial charge in [0.25, 0.3) is 11.8 Å². The number of imide groups is 2. The van der Waals surface area contributed by atoms with Crippen molar-refractivity contribution in [3.05, 3.63) is 65.0 Å². The number of fused-ring (bicyclic) bond motifs is 1. The van der Waals surface area contributed by atoms with Crippen molar-refractivity contribution < 1.29 is 38.2 Å². The first-order valence-corrected chi connectivity index (χ1v) is 10.2. The van der Waals surface area contributed by atoms with Gasteiger partial charge in [-0.2, -0.15) is 0 Å². The fourth-order valence-electron chi connectivity index (χ4n) is 3.97. The third-order valence-corrected chi connectivity index (χ3v) is 5.59. The largest absolute Gasteiger partial charge is 0.465 e. The van der Waals surface area contributed by atoms with Gasteiger partial charge in [0.05, 0.1) is 30.9 Å². The summed E-state index contributed by atoms with van der Waals surface area (Å²) in [6.45, 7) is 0. The Morgan fingerprint density at radius 3 is 2.35 bits per heavy atom. The second-order valence-electron chi connectivity index (χ2n) is 7.49. The summed E-state index contributed by atoms with van der Waals surface area (Å²) in [5, 5.41) is 2.14. The van der Waals surface area contributed by atoms with Crippen LogP contribution in [-0.4, -0.2) is 60.7 Å². The van der Waals surface area contributed by atoms with Crippen LogP contribution < -0.4 is 10.2 Å². The Morgan fingerprint density at radius 2 is 1.68 bits per heavy atom. The highest BCUT2D eigenvalue weighted by Gasteiger charge is 2.45. The zero-order chi connectivity index (χ0) is 24.6. The van der Waals surface area contributed by atoms with Gasteiger partial charge in [-0.05, 0) is 36.8 Å². The van der Waals surface area contributed by atoms with Gasteiger partial charge >= 0.3 is 11.9 Å². The van der Waals surface area contributed by atoms with Crippen LogP contribution in [0.2, 0.25) is 0 Å². The first-order valence-electron chi connectivity index (χ1n) is 10.2. The lowest BCUT2D eigenvalue weighted by molar-refractivity contribution is -0.139. The minimum absolute atomic E-state index is 0.00419. The highest BCUT2D eigenvalue weighted by molar-refractivity contribution is 6.24. The number of hydrogen-bond acceptors (Lipinski definition) is 9. The van der Waals surface area contributed by atoms with E-state index in [1.165, 1.54) is 48.6 Å². The van der Waals surface area contributed by atoms with Gasteiger partial charge in [0.15, 0.2) is 0 Å². The molecule has 3 heterocycles. The average Bonchev–Trinajstić information content (AvgIpc) is 2.97. The summed E-state index contributed by atoms with van der Waals surface area (Å²) in [6.07, 6.45) is 6.00. The van der Waals surface area contributed by atoms with E-state index in [4.69, 9.17) is 9.47 Å². The topological polar surface area (TPSA) is 139 Å². The minimum atomic E-state index is -1.10. The van der Waals surface area contributed by atoms with E-state index in [0.717, 1.165) is 12.0 Å². The van der Waals surface area contributed by atoms with E-state index in [1.54, 1.807) is 6.08 Å². The van der Waals surface area contributed by atoms with Crippen molar-refractivity contribution in [2.24, 2.45) is 0 Å². The van der Waals surface area contributed by atoms with Crippen molar-refractivity contribution in [3.63, 3.8) is 0 Å². The Morgan fingerprint density at radius 1 is 0.971 bits per heavy atom. The lowest BCUT2D eigenvalue weighted by Gasteiger charge is -2.27. The van der Waals surface area contributed by atoms with Gasteiger partial charge in [-0.15, -0.1) is 0 Å².